The molecule has 0 fully saturated rings. The number of aromatic nitrogens is 3. The molecule has 1 N–H and O–H groups in total. The van der Waals surface area contributed by atoms with E-state index in [1.807, 2.05) is 60.9 Å². The molecule has 0 amide bonds. The summed E-state index contributed by atoms with van der Waals surface area (Å²) in [5.41, 5.74) is 1.85. The second-order valence-electron chi connectivity index (χ2n) is 5.41. The molecule has 0 radical (unpaired) electrons. The lowest BCUT2D eigenvalue weighted by Gasteiger charge is -2.10. The van der Waals surface area contributed by atoms with Crippen molar-refractivity contribution in [2.24, 2.45) is 0 Å². The van der Waals surface area contributed by atoms with Crippen molar-refractivity contribution < 1.29 is 9.47 Å². The topological polar surface area (TPSA) is 52.1 Å². The fourth-order valence-corrected chi connectivity index (χ4v) is 2.79. The molecular formula is C18H18ClN3O2S. The molecule has 1 aromatic heterocycles. The van der Waals surface area contributed by atoms with Crippen LogP contribution in [0.2, 0.25) is 5.02 Å². The van der Waals surface area contributed by atoms with Crippen LogP contribution in [-0.2, 0) is 6.61 Å². The molecule has 130 valence electrons. The molecule has 0 spiro atoms. The van der Waals surface area contributed by atoms with Gasteiger partial charge in [-0.1, -0.05) is 17.7 Å². The number of aryl methyl sites for hydroxylation is 1. The van der Waals surface area contributed by atoms with E-state index in [1.54, 1.807) is 0 Å². The van der Waals surface area contributed by atoms with Crippen molar-refractivity contribution in [2.45, 2.75) is 20.5 Å². The molecule has 25 heavy (non-hydrogen) atoms. The fraction of sp³-hybridized carbons (Fsp3) is 0.222. The Kier molecular flexibility index (Phi) is 5.40. The Morgan fingerprint density at radius 1 is 1.12 bits per heavy atom. The van der Waals surface area contributed by atoms with Crippen molar-refractivity contribution in [1.82, 2.24) is 14.8 Å². The van der Waals surface area contributed by atoms with E-state index in [0.717, 1.165) is 22.7 Å². The smallest absolute Gasteiger partial charge is 0.199 e. The van der Waals surface area contributed by atoms with Crippen molar-refractivity contribution in [3.8, 4) is 17.2 Å². The van der Waals surface area contributed by atoms with Crippen molar-refractivity contribution >= 4 is 23.8 Å². The number of rotatable bonds is 6. The molecule has 0 aliphatic heterocycles. The second-order valence-corrected chi connectivity index (χ2v) is 6.20. The number of hydrogen-bond acceptors (Lipinski definition) is 4. The van der Waals surface area contributed by atoms with E-state index in [4.69, 9.17) is 33.3 Å². The third-order valence-electron chi connectivity index (χ3n) is 3.66. The zero-order valence-electron chi connectivity index (χ0n) is 14.0. The molecule has 7 heteroatoms. The molecule has 0 saturated heterocycles. The van der Waals surface area contributed by atoms with Gasteiger partial charge in [-0.2, -0.15) is 5.10 Å². The van der Waals surface area contributed by atoms with Crippen LogP contribution in [0.1, 0.15) is 18.3 Å². The van der Waals surface area contributed by atoms with Crippen LogP contribution in [-0.4, -0.2) is 21.4 Å². The molecule has 0 aliphatic rings. The van der Waals surface area contributed by atoms with Crippen LogP contribution in [0.4, 0.5) is 0 Å². The summed E-state index contributed by atoms with van der Waals surface area (Å²) in [5, 5.41) is 7.74. The summed E-state index contributed by atoms with van der Waals surface area (Å²) in [6, 6.07) is 13.2. The van der Waals surface area contributed by atoms with Gasteiger partial charge in [-0.25, -0.2) is 0 Å². The predicted molar refractivity (Wildman–Crippen MR) is 100 cm³/mol. The first-order chi connectivity index (χ1) is 12.1. The van der Waals surface area contributed by atoms with Crippen molar-refractivity contribution in [2.75, 3.05) is 6.61 Å². The molecule has 0 atom stereocenters. The Bertz CT molecular complexity index is 919. The summed E-state index contributed by atoms with van der Waals surface area (Å²) in [6.07, 6.45) is 0. The molecule has 0 aliphatic carbocycles. The van der Waals surface area contributed by atoms with Gasteiger partial charge >= 0.3 is 0 Å². The van der Waals surface area contributed by atoms with Crippen molar-refractivity contribution in [3.05, 3.63) is 63.6 Å². The predicted octanol–water partition coefficient (Wildman–Crippen LogP) is 4.87. The largest absolute Gasteiger partial charge is 0.494 e. The van der Waals surface area contributed by atoms with Gasteiger partial charge in [0.2, 0.25) is 0 Å². The summed E-state index contributed by atoms with van der Waals surface area (Å²) in [6.45, 7) is 4.81. The standard InChI is InChI=1S/C18H18ClN3O2S/c1-3-23-14-6-8-15(9-7-14)24-11-17-20-21-18(25)22(17)13-5-4-12(2)16(19)10-13/h4-10H,3,11H2,1-2H3,(H,21,25). The third-order valence-corrected chi connectivity index (χ3v) is 4.34. The lowest BCUT2D eigenvalue weighted by atomic mass is 10.2. The van der Waals surface area contributed by atoms with Crippen LogP contribution in [0.3, 0.4) is 0 Å². The van der Waals surface area contributed by atoms with Crippen molar-refractivity contribution in [1.29, 1.82) is 0 Å². The Balaban J connectivity index is 1.79. The van der Waals surface area contributed by atoms with Gasteiger partial charge in [0.25, 0.3) is 0 Å². The lowest BCUT2D eigenvalue weighted by Crippen LogP contribution is -2.06. The monoisotopic (exact) mass is 375 g/mol. The molecule has 0 bridgehead atoms. The fourth-order valence-electron chi connectivity index (χ4n) is 2.36. The van der Waals surface area contributed by atoms with Crippen LogP contribution in [0, 0.1) is 11.7 Å². The maximum absolute atomic E-state index is 6.23. The van der Waals surface area contributed by atoms with Gasteiger partial charge in [-0.3, -0.25) is 9.67 Å². The van der Waals surface area contributed by atoms with E-state index in [9.17, 15) is 0 Å². The Morgan fingerprint density at radius 2 is 1.80 bits per heavy atom. The van der Waals surface area contributed by atoms with E-state index < -0.39 is 0 Å². The van der Waals surface area contributed by atoms with Crippen LogP contribution < -0.4 is 9.47 Å². The first kappa shape index (κ1) is 17.5. The second kappa shape index (κ2) is 7.72. The molecule has 5 nitrogen and oxygen atoms in total. The minimum Gasteiger partial charge on any atom is -0.494 e. The van der Waals surface area contributed by atoms with Gasteiger partial charge in [0, 0.05) is 5.02 Å². The number of ether oxygens (including phenoxy) is 2. The highest BCUT2D eigenvalue weighted by molar-refractivity contribution is 7.71. The summed E-state index contributed by atoms with van der Waals surface area (Å²) >= 11 is 11.6. The maximum atomic E-state index is 6.23. The average Bonchev–Trinajstić information content (AvgIpc) is 2.98. The minimum atomic E-state index is 0.270. The molecule has 3 rings (SSSR count). The highest BCUT2D eigenvalue weighted by atomic mass is 35.5. The normalized spacial score (nSPS) is 10.7. The number of benzene rings is 2. The van der Waals surface area contributed by atoms with E-state index in [2.05, 4.69) is 10.2 Å². The van der Waals surface area contributed by atoms with Gasteiger partial charge in [0.15, 0.2) is 10.6 Å². The van der Waals surface area contributed by atoms with Gasteiger partial charge in [0.1, 0.15) is 18.1 Å². The number of nitrogens with zero attached hydrogens (tertiary/aromatic N) is 2. The Hall–Kier alpha value is -2.31. The quantitative estimate of drug-likeness (QED) is 0.624. The first-order valence-electron chi connectivity index (χ1n) is 7.87. The Morgan fingerprint density at radius 3 is 2.44 bits per heavy atom. The van der Waals surface area contributed by atoms with Crippen LogP contribution in [0.5, 0.6) is 11.5 Å². The lowest BCUT2D eigenvalue weighted by molar-refractivity contribution is 0.291. The van der Waals surface area contributed by atoms with E-state index >= 15 is 0 Å². The zero-order valence-corrected chi connectivity index (χ0v) is 15.5. The Labute approximate surface area is 156 Å². The minimum absolute atomic E-state index is 0.270. The van der Waals surface area contributed by atoms with Gasteiger partial charge in [0.05, 0.1) is 12.3 Å². The summed E-state index contributed by atoms with van der Waals surface area (Å²) < 4.78 is 13.5. The average molecular weight is 376 g/mol. The van der Waals surface area contributed by atoms with Gasteiger partial charge in [-0.15, -0.1) is 0 Å². The van der Waals surface area contributed by atoms with Gasteiger partial charge < -0.3 is 9.47 Å². The SMILES string of the molecule is CCOc1ccc(OCc2n[nH]c(=S)n2-c2ccc(C)c(Cl)c2)cc1. The maximum Gasteiger partial charge on any atom is 0.199 e. The van der Waals surface area contributed by atoms with Gasteiger partial charge in [-0.05, 0) is 68.0 Å². The number of halogens is 1. The van der Waals surface area contributed by atoms with Crippen LogP contribution >= 0.6 is 23.8 Å². The van der Waals surface area contributed by atoms with E-state index in [1.165, 1.54) is 0 Å². The number of aromatic amines is 1. The number of H-pyrrole nitrogens is 1. The summed E-state index contributed by atoms with van der Waals surface area (Å²) in [5.74, 6) is 2.21. The molecule has 2 aromatic carbocycles. The highest BCUT2D eigenvalue weighted by Crippen LogP contribution is 2.22. The molecular weight excluding hydrogens is 358 g/mol. The summed E-state index contributed by atoms with van der Waals surface area (Å²) in [7, 11) is 0. The highest BCUT2D eigenvalue weighted by Gasteiger charge is 2.10. The van der Waals surface area contributed by atoms with Crippen LogP contribution in [0.25, 0.3) is 5.69 Å². The summed E-state index contributed by atoms with van der Waals surface area (Å²) in [4.78, 5) is 0. The van der Waals surface area contributed by atoms with E-state index in [0.29, 0.717) is 22.2 Å². The zero-order chi connectivity index (χ0) is 17.8. The number of nitrogens with one attached hydrogen (secondary N) is 1. The third kappa shape index (κ3) is 4.03. The van der Waals surface area contributed by atoms with Crippen LogP contribution in [0.15, 0.2) is 42.5 Å². The molecule has 3 aromatic rings. The number of hydrogen-bond donors (Lipinski definition) is 1. The van der Waals surface area contributed by atoms with Crippen molar-refractivity contribution in [3.63, 3.8) is 0 Å². The molecule has 0 unspecified atom stereocenters. The molecule has 0 saturated carbocycles. The van der Waals surface area contributed by atoms with E-state index in [-0.39, 0.29) is 6.61 Å². The first-order valence-corrected chi connectivity index (χ1v) is 8.65. The molecule has 1 heterocycles.